The van der Waals surface area contributed by atoms with Gasteiger partial charge in [0.15, 0.2) is 9.84 Å². The summed E-state index contributed by atoms with van der Waals surface area (Å²) in [6, 6.07) is 7.01. The van der Waals surface area contributed by atoms with Crippen molar-refractivity contribution in [2.24, 2.45) is 5.92 Å². The molecule has 1 aromatic rings. The summed E-state index contributed by atoms with van der Waals surface area (Å²) in [5.74, 6) is 0.437. The third kappa shape index (κ3) is 3.99. The lowest BCUT2D eigenvalue weighted by Crippen LogP contribution is -2.17. The Balaban J connectivity index is 2.84. The van der Waals surface area contributed by atoms with E-state index in [4.69, 9.17) is 4.74 Å². The second-order valence-electron chi connectivity index (χ2n) is 4.34. The molecule has 4 nitrogen and oxygen atoms in total. The van der Waals surface area contributed by atoms with Crippen LogP contribution >= 0.6 is 0 Å². The van der Waals surface area contributed by atoms with Crippen molar-refractivity contribution < 1.29 is 13.2 Å². The maximum Gasteiger partial charge on any atom is 0.180 e. The molecule has 0 radical (unpaired) electrons. The van der Waals surface area contributed by atoms with E-state index in [1.54, 1.807) is 32.2 Å². The van der Waals surface area contributed by atoms with Gasteiger partial charge in [0.2, 0.25) is 0 Å². The minimum atomic E-state index is -3.18. The average molecular weight is 271 g/mol. The van der Waals surface area contributed by atoms with Crippen molar-refractivity contribution in [2.75, 3.05) is 31.3 Å². The van der Waals surface area contributed by atoms with E-state index in [9.17, 15) is 8.42 Å². The largest absolute Gasteiger partial charge is 0.384 e. The van der Waals surface area contributed by atoms with Crippen LogP contribution in [0.4, 0.5) is 5.69 Å². The van der Waals surface area contributed by atoms with Crippen molar-refractivity contribution in [3.8, 4) is 0 Å². The number of ether oxygens (including phenoxy) is 1. The van der Waals surface area contributed by atoms with E-state index in [2.05, 4.69) is 5.32 Å². The Bertz CT molecular complexity index is 471. The minimum absolute atomic E-state index is 0.110. The number of methoxy groups -OCH3 is 1. The van der Waals surface area contributed by atoms with E-state index >= 15 is 0 Å². The van der Waals surface area contributed by atoms with Gasteiger partial charge in [-0.2, -0.15) is 0 Å². The van der Waals surface area contributed by atoms with Crippen molar-refractivity contribution in [1.82, 2.24) is 0 Å². The maximum atomic E-state index is 11.9. The lowest BCUT2D eigenvalue weighted by atomic mass is 10.2. The van der Waals surface area contributed by atoms with Crippen LogP contribution < -0.4 is 5.32 Å². The standard InChI is InChI=1S/C13H21NO3S/c1-4-18(15,16)13-8-6-5-7-12(13)14-9-11(2)10-17-3/h5-8,11,14H,4,9-10H2,1-3H3. The highest BCUT2D eigenvalue weighted by molar-refractivity contribution is 7.91. The Morgan fingerprint density at radius 3 is 2.61 bits per heavy atom. The van der Waals surface area contributed by atoms with Crippen molar-refractivity contribution in [1.29, 1.82) is 0 Å². The van der Waals surface area contributed by atoms with Crippen LogP contribution in [-0.4, -0.2) is 34.4 Å². The van der Waals surface area contributed by atoms with Gasteiger partial charge in [-0.05, 0) is 18.1 Å². The first-order valence-electron chi connectivity index (χ1n) is 6.05. The SMILES string of the molecule is CCS(=O)(=O)c1ccccc1NCC(C)COC. The van der Waals surface area contributed by atoms with E-state index in [1.807, 2.05) is 13.0 Å². The third-order valence-corrected chi connectivity index (χ3v) is 4.48. The Morgan fingerprint density at radius 2 is 2.00 bits per heavy atom. The summed E-state index contributed by atoms with van der Waals surface area (Å²) in [4.78, 5) is 0.372. The van der Waals surface area contributed by atoms with Gasteiger partial charge in [0.25, 0.3) is 0 Å². The van der Waals surface area contributed by atoms with Crippen LogP contribution in [0.3, 0.4) is 0 Å². The molecule has 1 N–H and O–H groups in total. The predicted octanol–water partition coefficient (Wildman–Crippen LogP) is 2.17. The molecule has 1 rings (SSSR count). The highest BCUT2D eigenvalue weighted by atomic mass is 32.2. The molecule has 18 heavy (non-hydrogen) atoms. The fourth-order valence-corrected chi connectivity index (χ4v) is 2.74. The first kappa shape index (κ1) is 15.0. The van der Waals surface area contributed by atoms with E-state index < -0.39 is 9.84 Å². The predicted molar refractivity (Wildman–Crippen MR) is 73.7 cm³/mol. The lowest BCUT2D eigenvalue weighted by Gasteiger charge is -2.15. The van der Waals surface area contributed by atoms with E-state index in [-0.39, 0.29) is 5.75 Å². The molecule has 0 saturated carbocycles. The minimum Gasteiger partial charge on any atom is -0.384 e. The molecule has 0 aliphatic heterocycles. The molecule has 102 valence electrons. The smallest absolute Gasteiger partial charge is 0.180 e. The molecule has 0 aliphatic rings. The quantitative estimate of drug-likeness (QED) is 0.826. The first-order valence-corrected chi connectivity index (χ1v) is 7.71. The fourth-order valence-electron chi connectivity index (χ4n) is 1.67. The van der Waals surface area contributed by atoms with Crippen LogP contribution in [0.15, 0.2) is 29.2 Å². The normalized spacial score (nSPS) is 13.3. The number of rotatable bonds is 7. The zero-order valence-electron chi connectivity index (χ0n) is 11.1. The first-order chi connectivity index (χ1) is 8.51. The monoisotopic (exact) mass is 271 g/mol. The van der Waals surface area contributed by atoms with Gasteiger partial charge in [-0.3, -0.25) is 0 Å². The second kappa shape index (κ2) is 6.75. The van der Waals surface area contributed by atoms with Gasteiger partial charge in [0.1, 0.15) is 0 Å². The van der Waals surface area contributed by atoms with Crippen LogP contribution in [0.2, 0.25) is 0 Å². The number of nitrogens with one attached hydrogen (secondary N) is 1. The van der Waals surface area contributed by atoms with Gasteiger partial charge in [-0.25, -0.2) is 8.42 Å². The summed E-state index contributed by atoms with van der Waals surface area (Å²) in [7, 11) is -1.52. The number of sulfone groups is 1. The van der Waals surface area contributed by atoms with Crippen molar-refractivity contribution in [3.05, 3.63) is 24.3 Å². The average Bonchev–Trinajstić information content (AvgIpc) is 2.37. The summed E-state index contributed by atoms with van der Waals surface area (Å²) in [6.45, 7) is 5.03. The summed E-state index contributed by atoms with van der Waals surface area (Å²) in [5, 5.41) is 3.18. The van der Waals surface area contributed by atoms with Crippen molar-refractivity contribution in [3.63, 3.8) is 0 Å². The van der Waals surface area contributed by atoms with Gasteiger partial charge >= 0.3 is 0 Å². The molecule has 0 aromatic heterocycles. The zero-order valence-corrected chi connectivity index (χ0v) is 12.0. The van der Waals surface area contributed by atoms with Crippen molar-refractivity contribution in [2.45, 2.75) is 18.7 Å². The van der Waals surface area contributed by atoms with Crippen LogP contribution in [0.1, 0.15) is 13.8 Å². The zero-order chi connectivity index (χ0) is 13.6. The molecule has 1 aromatic carbocycles. The highest BCUT2D eigenvalue weighted by Crippen LogP contribution is 2.22. The van der Waals surface area contributed by atoms with Gasteiger partial charge in [-0.1, -0.05) is 26.0 Å². The van der Waals surface area contributed by atoms with Crippen LogP contribution in [0, 0.1) is 5.92 Å². The molecule has 0 fully saturated rings. The molecule has 5 heteroatoms. The molecular formula is C13H21NO3S. The number of benzene rings is 1. The number of hydrogen-bond acceptors (Lipinski definition) is 4. The summed E-state index contributed by atoms with van der Waals surface area (Å²) in [5.41, 5.74) is 0.669. The van der Waals surface area contributed by atoms with Gasteiger partial charge in [0.05, 0.1) is 22.9 Å². The van der Waals surface area contributed by atoms with Crippen LogP contribution in [0.5, 0.6) is 0 Å². The molecule has 0 spiro atoms. The van der Waals surface area contributed by atoms with Crippen LogP contribution in [0.25, 0.3) is 0 Å². The summed E-state index contributed by atoms with van der Waals surface area (Å²) in [6.07, 6.45) is 0. The maximum absolute atomic E-state index is 11.9. The molecule has 0 amide bonds. The molecular weight excluding hydrogens is 250 g/mol. The lowest BCUT2D eigenvalue weighted by molar-refractivity contribution is 0.164. The Kier molecular flexibility index (Phi) is 5.62. The van der Waals surface area contributed by atoms with Gasteiger partial charge < -0.3 is 10.1 Å². The summed E-state index contributed by atoms with van der Waals surface area (Å²) >= 11 is 0. The number of para-hydroxylation sites is 1. The Morgan fingerprint density at radius 1 is 1.33 bits per heavy atom. The molecule has 0 bridgehead atoms. The molecule has 1 atom stereocenters. The Hall–Kier alpha value is -1.07. The van der Waals surface area contributed by atoms with Gasteiger partial charge in [0, 0.05) is 13.7 Å². The van der Waals surface area contributed by atoms with E-state index in [1.165, 1.54) is 0 Å². The third-order valence-electron chi connectivity index (χ3n) is 2.69. The molecule has 0 heterocycles. The molecule has 1 unspecified atom stereocenters. The van der Waals surface area contributed by atoms with Gasteiger partial charge in [-0.15, -0.1) is 0 Å². The van der Waals surface area contributed by atoms with Crippen molar-refractivity contribution >= 4 is 15.5 Å². The Labute approximate surface area is 109 Å². The summed E-state index contributed by atoms with van der Waals surface area (Å²) < 4.78 is 28.9. The van der Waals surface area contributed by atoms with Crippen LogP contribution in [-0.2, 0) is 14.6 Å². The number of hydrogen-bond donors (Lipinski definition) is 1. The molecule has 0 aliphatic carbocycles. The highest BCUT2D eigenvalue weighted by Gasteiger charge is 2.16. The molecule has 0 saturated heterocycles. The fraction of sp³-hybridized carbons (Fsp3) is 0.538. The van der Waals surface area contributed by atoms with E-state index in [0.29, 0.717) is 29.7 Å². The van der Waals surface area contributed by atoms with E-state index in [0.717, 1.165) is 0 Å². The number of anilines is 1. The topological polar surface area (TPSA) is 55.4 Å². The second-order valence-corrected chi connectivity index (χ2v) is 6.59.